The highest BCUT2D eigenvalue weighted by molar-refractivity contribution is 5.14. The summed E-state index contributed by atoms with van der Waals surface area (Å²) in [6.07, 6.45) is 15.0. The number of allylic oxidation sites excluding steroid dienone is 3. The van der Waals surface area contributed by atoms with Crippen molar-refractivity contribution in [3.05, 3.63) is 24.4 Å². The van der Waals surface area contributed by atoms with Crippen LogP contribution >= 0.6 is 0 Å². The summed E-state index contributed by atoms with van der Waals surface area (Å²) in [5.74, 6) is 1.58. The maximum atomic E-state index is 2.47. The minimum atomic E-state index is 0.300. The van der Waals surface area contributed by atoms with Crippen LogP contribution in [0.2, 0.25) is 0 Å². The van der Waals surface area contributed by atoms with Gasteiger partial charge in [0.1, 0.15) is 0 Å². The van der Waals surface area contributed by atoms with Crippen molar-refractivity contribution >= 4 is 0 Å². The molecule has 0 saturated carbocycles. The zero-order valence-electron chi connectivity index (χ0n) is 11.7. The largest absolute Gasteiger partial charge is 0.378 e. The summed E-state index contributed by atoms with van der Waals surface area (Å²) >= 11 is 0. The Hall–Kier alpha value is -0.720. The van der Waals surface area contributed by atoms with Gasteiger partial charge in [-0.2, -0.15) is 0 Å². The second-order valence-electron chi connectivity index (χ2n) is 6.37. The van der Waals surface area contributed by atoms with Crippen LogP contribution < -0.4 is 0 Å². The lowest BCUT2D eigenvalue weighted by Crippen LogP contribution is -2.21. The molecule has 1 aliphatic carbocycles. The highest BCUT2D eigenvalue weighted by atomic mass is 15.1. The molecule has 96 valence electrons. The molecular formula is C16H27N. The van der Waals surface area contributed by atoms with E-state index in [9.17, 15) is 0 Å². The molecule has 17 heavy (non-hydrogen) atoms. The minimum absolute atomic E-state index is 0.300. The number of likely N-dealkylation sites (tertiary alicyclic amines) is 1. The molecule has 0 aromatic carbocycles. The Morgan fingerprint density at radius 3 is 2.53 bits per heavy atom. The molecule has 1 heterocycles. The molecule has 1 saturated heterocycles. The Bertz CT molecular complexity index is 297. The van der Waals surface area contributed by atoms with Crippen LogP contribution in [0.15, 0.2) is 24.4 Å². The number of hydrogen-bond donors (Lipinski definition) is 0. The third-order valence-corrected chi connectivity index (χ3v) is 4.40. The van der Waals surface area contributed by atoms with Crippen LogP contribution in [0.3, 0.4) is 0 Å². The molecule has 0 amide bonds. The lowest BCUT2D eigenvalue weighted by molar-refractivity contribution is 0.337. The summed E-state index contributed by atoms with van der Waals surface area (Å²) < 4.78 is 0. The van der Waals surface area contributed by atoms with E-state index in [1.807, 2.05) is 0 Å². The van der Waals surface area contributed by atoms with Gasteiger partial charge in [-0.15, -0.1) is 0 Å². The molecule has 0 spiro atoms. The standard InChI is InChI=1S/C16H27N/c1-14(2)15-6-8-16(3,9-7-15)10-13-17-11-4-5-12-17/h6,8,10,13-15H,4-5,7,9,11-12H2,1-3H3/b13-10-/t15-,16+/m1/s1. The Morgan fingerprint density at radius 2 is 2.00 bits per heavy atom. The summed E-state index contributed by atoms with van der Waals surface area (Å²) in [5.41, 5.74) is 0.300. The molecule has 2 atom stereocenters. The topological polar surface area (TPSA) is 3.24 Å². The highest BCUT2D eigenvalue weighted by Crippen LogP contribution is 2.36. The van der Waals surface area contributed by atoms with Crippen molar-refractivity contribution in [2.45, 2.75) is 46.5 Å². The predicted octanol–water partition coefficient (Wildman–Crippen LogP) is 4.22. The molecular weight excluding hydrogens is 206 g/mol. The molecule has 0 radical (unpaired) electrons. The summed E-state index contributed by atoms with van der Waals surface area (Å²) in [5, 5.41) is 0. The zero-order valence-corrected chi connectivity index (χ0v) is 11.7. The fourth-order valence-corrected chi connectivity index (χ4v) is 2.86. The highest BCUT2D eigenvalue weighted by Gasteiger charge is 2.25. The van der Waals surface area contributed by atoms with E-state index >= 15 is 0 Å². The molecule has 0 aromatic rings. The lowest BCUT2D eigenvalue weighted by atomic mass is 9.74. The SMILES string of the molecule is CC(C)[C@@H]1C=C[C@](C)(/C=C\N2CCCC2)CC1. The van der Waals surface area contributed by atoms with Crippen LogP contribution in [0.25, 0.3) is 0 Å². The lowest BCUT2D eigenvalue weighted by Gasteiger charge is -2.31. The van der Waals surface area contributed by atoms with Gasteiger partial charge in [0.15, 0.2) is 0 Å². The molecule has 0 unspecified atom stereocenters. The van der Waals surface area contributed by atoms with Crippen LogP contribution in [0.4, 0.5) is 0 Å². The van der Waals surface area contributed by atoms with E-state index in [1.165, 1.54) is 38.8 Å². The molecule has 0 N–H and O–H groups in total. The first-order valence-electron chi connectivity index (χ1n) is 7.22. The Labute approximate surface area is 107 Å². The van der Waals surface area contributed by atoms with Gasteiger partial charge in [0.2, 0.25) is 0 Å². The van der Waals surface area contributed by atoms with Gasteiger partial charge in [0.05, 0.1) is 0 Å². The van der Waals surface area contributed by atoms with E-state index in [0.29, 0.717) is 5.41 Å². The summed E-state index contributed by atoms with van der Waals surface area (Å²) in [6.45, 7) is 9.54. The third kappa shape index (κ3) is 3.37. The van der Waals surface area contributed by atoms with E-state index in [1.54, 1.807) is 0 Å². The van der Waals surface area contributed by atoms with Crippen LogP contribution in [0.5, 0.6) is 0 Å². The first-order valence-corrected chi connectivity index (χ1v) is 7.22. The molecule has 2 aliphatic rings. The Kier molecular flexibility index (Phi) is 3.96. The first-order chi connectivity index (χ1) is 8.09. The average molecular weight is 233 g/mol. The van der Waals surface area contributed by atoms with E-state index in [4.69, 9.17) is 0 Å². The van der Waals surface area contributed by atoms with Crippen molar-refractivity contribution in [1.29, 1.82) is 0 Å². The predicted molar refractivity (Wildman–Crippen MR) is 74.8 cm³/mol. The third-order valence-electron chi connectivity index (χ3n) is 4.40. The first kappa shape index (κ1) is 12.7. The number of hydrogen-bond acceptors (Lipinski definition) is 1. The Morgan fingerprint density at radius 1 is 1.29 bits per heavy atom. The molecule has 0 aromatic heterocycles. The molecule has 1 aliphatic heterocycles. The van der Waals surface area contributed by atoms with Crippen LogP contribution in [-0.2, 0) is 0 Å². The van der Waals surface area contributed by atoms with E-state index in [2.05, 4.69) is 50.1 Å². The normalized spacial score (nSPS) is 34.1. The molecule has 2 rings (SSSR count). The summed E-state index contributed by atoms with van der Waals surface area (Å²) in [7, 11) is 0. The van der Waals surface area contributed by atoms with Crippen LogP contribution in [0.1, 0.15) is 46.5 Å². The van der Waals surface area contributed by atoms with Crippen molar-refractivity contribution in [1.82, 2.24) is 4.90 Å². The number of nitrogens with zero attached hydrogens (tertiary/aromatic N) is 1. The van der Waals surface area contributed by atoms with Gasteiger partial charge in [0, 0.05) is 18.5 Å². The summed E-state index contributed by atoms with van der Waals surface area (Å²) in [6, 6.07) is 0. The van der Waals surface area contributed by atoms with Gasteiger partial charge < -0.3 is 4.90 Å². The van der Waals surface area contributed by atoms with E-state index in [-0.39, 0.29) is 0 Å². The van der Waals surface area contributed by atoms with Crippen molar-refractivity contribution < 1.29 is 0 Å². The van der Waals surface area contributed by atoms with Gasteiger partial charge in [-0.05, 0) is 43.7 Å². The van der Waals surface area contributed by atoms with Crippen molar-refractivity contribution in [2.24, 2.45) is 17.3 Å². The van der Waals surface area contributed by atoms with Crippen molar-refractivity contribution in [3.8, 4) is 0 Å². The smallest absolute Gasteiger partial charge is 0.0173 e. The van der Waals surface area contributed by atoms with E-state index in [0.717, 1.165) is 11.8 Å². The second kappa shape index (κ2) is 5.29. The monoisotopic (exact) mass is 233 g/mol. The minimum Gasteiger partial charge on any atom is -0.378 e. The Balaban J connectivity index is 1.93. The van der Waals surface area contributed by atoms with Gasteiger partial charge in [0.25, 0.3) is 0 Å². The fraction of sp³-hybridized carbons (Fsp3) is 0.750. The second-order valence-corrected chi connectivity index (χ2v) is 6.37. The maximum absolute atomic E-state index is 2.47. The number of rotatable bonds is 3. The molecule has 1 nitrogen and oxygen atoms in total. The van der Waals surface area contributed by atoms with Crippen LogP contribution in [-0.4, -0.2) is 18.0 Å². The van der Waals surface area contributed by atoms with Crippen molar-refractivity contribution in [2.75, 3.05) is 13.1 Å². The van der Waals surface area contributed by atoms with Gasteiger partial charge >= 0.3 is 0 Å². The van der Waals surface area contributed by atoms with Gasteiger partial charge in [-0.3, -0.25) is 0 Å². The average Bonchev–Trinajstić information content (AvgIpc) is 2.80. The quantitative estimate of drug-likeness (QED) is 0.660. The molecule has 0 bridgehead atoms. The fourth-order valence-electron chi connectivity index (χ4n) is 2.86. The molecule has 1 heteroatoms. The van der Waals surface area contributed by atoms with E-state index < -0.39 is 0 Å². The summed E-state index contributed by atoms with van der Waals surface area (Å²) in [4.78, 5) is 2.47. The van der Waals surface area contributed by atoms with Crippen molar-refractivity contribution in [3.63, 3.8) is 0 Å². The zero-order chi connectivity index (χ0) is 12.3. The van der Waals surface area contributed by atoms with Gasteiger partial charge in [-0.1, -0.05) is 39.0 Å². The van der Waals surface area contributed by atoms with Gasteiger partial charge in [-0.25, -0.2) is 0 Å². The molecule has 1 fully saturated rings. The maximum Gasteiger partial charge on any atom is 0.0173 e. The van der Waals surface area contributed by atoms with Crippen LogP contribution in [0, 0.1) is 17.3 Å².